The van der Waals surface area contributed by atoms with Crippen LogP contribution in [0.3, 0.4) is 0 Å². The molecule has 3 unspecified atom stereocenters. The van der Waals surface area contributed by atoms with Crippen LogP contribution in [0.4, 0.5) is 0 Å². The Morgan fingerprint density at radius 2 is 0.522 bits per heavy atom. The van der Waals surface area contributed by atoms with Crippen molar-refractivity contribution in [2.75, 3.05) is 39.6 Å². The van der Waals surface area contributed by atoms with Crippen LogP contribution in [0.2, 0.25) is 0 Å². The van der Waals surface area contributed by atoms with Crippen LogP contribution in [-0.4, -0.2) is 96.7 Å². The Kier molecular flexibility index (Phi) is 61.3. The number of unbranched alkanes of at least 4 members (excludes halogenated alkanes) is 35. The number of carbonyl (C=O) groups excluding carboxylic acids is 4. The number of phosphoric ester groups is 2. The maximum atomic E-state index is 13.1. The van der Waals surface area contributed by atoms with Gasteiger partial charge in [-0.15, -0.1) is 0 Å². The molecule has 0 fully saturated rings. The summed E-state index contributed by atoms with van der Waals surface area (Å²) < 4.78 is 68.4. The summed E-state index contributed by atoms with van der Waals surface area (Å²) in [7, 11) is -9.91. The van der Waals surface area contributed by atoms with E-state index >= 15 is 0 Å². The van der Waals surface area contributed by atoms with E-state index in [1.54, 1.807) is 0 Å². The van der Waals surface area contributed by atoms with E-state index in [9.17, 15) is 43.2 Å². The first-order valence-electron chi connectivity index (χ1n) is 37.7. The van der Waals surface area contributed by atoms with Gasteiger partial charge >= 0.3 is 39.5 Å². The molecule has 92 heavy (non-hydrogen) atoms. The zero-order valence-electron chi connectivity index (χ0n) is 60.2. The molecule has 0 aromatic heterocycles. The molecule has 0 rings (SSSR count). The summed E-state index contributed by atoms with van der Waals surface area (Å²) in [6, 6.07) is 0. The zero-order valence-corrected chi connectivity index (χ0v) is 62.0. The highest BCUT2D eigenvalue weighted by atomic mass is 31.2. The van der Waals surface area contributed by atoms with Gasteiger partial charge in [0.2, 0.25) is 0 Å². The average molecular weight is 1350 g/mol. The largest absolute Gasteiger partial charge is 0.472 e. The molecule has 0 aliphatic heterocycles. The number of phosphoric acid groups is 2. The lowest BCUT2D eigenvalue weighted by molar-refractivity contribution is -0.161. The van der Waals surface area contributed by atoms with Gasteiger partial charge in [0.1, 0.15) is 19.3 Å². The Bertz CT molecular complexity index is 1820. The van der Waals surface area contributed by atoms with E-state index in [1.165, 1.54) is 161 Å². The smallest absolute Gasteiger partial charge is 0.462 e. The summed E-state index contributed by atoms with van der Waals surface area (Å²) in [6.45, 7) is 14.1. The van der Waals surface area contributed by atoms with Crippen LogP contribution in [0, 0.1) is 23.7 Å². The molecule has 0 saturated carbocycles. The lowest BCUT2D eigenvalue weighted by Crippen LogP contribution is -2.30. The minimum absolute atomic E-state index is 0.103. The molecule has 0 amide bonds. The number of aliphatic hydroxyl groups is 1. The van der Waals surface area contributed by atoms with E-state index in [-0.39, 0.29) is 25.7 Å². The number of esters is 4. The number of carbonyl (C=O) groups is 4. The maximum Gasteiger partial charge on any atom is 0.472 e. The molecule has 0 radical (unpaired) electrons. The van der Waals surface area contributed by atoms with Crippen molar-refractivity contribution in [3.63, 3.8) is 0 Å². The van der Waals surface area contributed by atoms with Crippen molar-refractivity contribution in [1.82, 2.24) is 0 Å². The Hall–Kier alpha value is -1.94. The second-order valence-corrected chi connectivity index (χ2v) is 30.9. The summed E-state index contributed by atoms with van der Waals surface area (Å²) in [4.78, 5) is 72.6. The fourth-order valence-electron chi connectivity index (χ4n) is 11.0. The zero-order chi connectivity index (χ0) is 68.2. The van der Waals surface area contributed by atoms with Crippen molar-refractivity contribution in [3.8, 4) is 0 Å². The highest BCUT2D eigenvalue weighted by Crippen LogP contribution is 2.45. The van der Waals surface area contributed by atoms with Gasteiger partial charge in [-0.2, -0.15) is 0 Å². The Balaban J connectivity index is 5.22. The number of rotatable bonds is 70. The van der Waals surface area contributed by atoms with Gasteiger partial charge in [-0.1, -0.05) is 312 Å². The van der Waals surface area contributed by atoms with Gasteiger partial charge in [0.25, 0.3) is 0 Å². The molecule has 3 N–H and O–H groups in total. The first-order chi connectivity index (χ1) is 44.1. The van der Waals surface area contributed by atoms with Crippen LogP contribution in [0.5, 0.6) is 0 Å². The van der Waals surface area contributed by atoms with E-state index in [0.717, 1.165) is 120 Å². The standard InChI is InChI=1S/C73H142O17P2/c1-9-66(8)52-44-36-31-32-38-46-54-71(76)84-60-69(90-73(78)56-48-40-30-24-23-27-35-43-51-65(6)7)62-88-92(81,82)86-58-67(74)57-85-91(79,80)87-61-68(59-83-70(75)53-45-37-28-22-18-20-26-34-42-50-64(4)5)89-72(77)55-47-39-29-21-17-15-13-11-10-12-14-16-19-25-33-41-49-63(2)3/h63-69,74H,9-62H2,1-8H3,(H,79,80)(H,81,82)/t66?,67-,68-,69-/m1/s1. The van der Waals surface area contributed by atoms with Crippen LogP contribution < -0.4 is 0 Å². The fourth-order valence-corrected chi connectivity index (χ4v) is 12.6. The van der Waals surface area contributed by atoms with Gasteiger partial charge in [0.05, 0.1) is 26.4 Å². The van der Waals surface area contributed by atoms with E-state index in [1.807, 2.05) is 0 Å². The second-order valence-electron chi connectivity index (χ2n) is 28.0. The normalized spacial score (nSPS) is 14.5. The average Bonchev–Trinajstić information content (AvgIpc) is 3.70. The van der Waals surface area contributed by atoms with Gasteiger partial charge < -0.3 is 33.8 Å². The van der Waals surface area contributed by atoms with Gasteiger partial charge in [-0.25, -0.2) is 9.13 Å². The molecule has 0 aromatic carbocycles. The molecular weight excluding hydrogens is 1210 g/mol. The van der Waals surface area contributed by atoms with Crippen LogP contribution in [0.25, 0.3) is 0 Å². The minimum atomic E-state index is -4.96. The fraction of sp³-hybridized carbons (Fsp3) is 0.945. The third-order valence-corrected chi connectivity index (χ3v) is 19.1. The first-order valence-corrected chi connectivity index (χ1v) is 40.7. The van der Waals surface area contributed by atoms with Crippen LogP contribution in [-0.2, 0) is 65.4 Å². The molecule has 0 aromatic rings. The highest BCUT2D eigenvalue weighted by molar-refractivity contribution is 7.47. The molecule has 6 atom stereocenters. The monoisotopic (exact) mass is 1350 g/mol. The molecule has 0 aliphatic rings. The molecule has 0 heterocycles. The van der Waals surface area contributed by atoms with Crippen LogP contribution in [0.1, 0.15) is 364 Å². The molecule has 0 spiro atoms. The van der Waals surface area contributed by atoms with Gasteiger partial charge in [-0.05, 0) is 49.4 Å². The van der Waals surface area contributed by atoms with Crippen molar-refractivity contribution in [3.05, 3.63) is 0 Å². The predicted octanol–water partition coefficient (Wildman–Crippen LogP) is 20.9. The van der Waals surface area contributed by atoms with E-state index < -0.39 is 97.5 Å². The third kappa shape index (κ3) is 65.4. The summed E-state index contributed by atoms with van der Waals surface area (Å²) in [5.41, 5.74) is 0. The summed E-state index contributed by atoms with van der Waals surface area (Å²) in [5.74, 6) is 0.874. The number of hydrogen-bond donors (Lipinski definition) is 3. The molecular formula is C73H142O17P2. The summed E-state index contributed by atoms with van der Waals surface area (Å²) >= 11 is 0. The Morgan fingerprint density at radius 3 is 0.772 bits per heavy atom. The number of aliphatic hydroxyl groups excluding tert-OH is 1. The topological polar surface area (TPSA) is 237 Å². The van der Waals surface area contributed by atoms with E-state index in [0.29, 0.717) is 25.7 Å². The highest BCUT2D eigenvalue weighted by Gasteiger charge is 2.30. The Labute approximate surface area is 562 Å². The van der Waals surface area contributed by atoms with Gasteiger partial charge in [0, 0.05) is 25.7 Å². The van der Waals surface area contributed by atoms with Crippen molar-refractivity contribution in [1.29, 1.82) is 0 Å². The second kappa shape index (κ2) is 62.6. The van der Waals surface area contributed by atoms with E-state index in [4.69, 9.17) is 37.0 Å². The molecule has 19 heteroatoms. The summed E-state index contributed by atoms with van der Waals surface area (Å²) in [5, 5.41) is 10.6. The van der Waals surface area contributed by atoms with Crippen LogP contribution in [0.15, 0.2) is 0 Å². The summed E-state index contributed by atoms with van der Waals surface area (Å²) in [6.07, 6.45) is 46.0. The molecule has 546 valence electrons. The minimum Gasteiger partial charge on any atom is -0.462 e. The van der Waals surface area contributed by atoms with Crippen molar-refractivity contribution >= 4 is 39.5 Å². The van der Waals surface area contributed by atoms with Crippen molar-refractivity contribution < 1.29 is 80.2 Å². The SMILES string of the molecule is CCC(C)CCCCCCCCC(=O)OC[C@H](COP(=O)(O)OC[C@H](O)COP(=O)(O)OC[C@@H](COC(=O)CCCCCCCCCCCC(C)C)OC(=O)CCCCCCCCCCCCCCCCCCC(C)C)OC(=O)CCCCCCCCCCC(C)C. The van der Waals surface area contributed by atoms with Crippen LogP contribution >= 0.6 is 15.6 Å². The lowest BCUT2D eigenvalue weighted by Gasteiger charge is -2.21. The Morgan fingerprint density at radius 1 is 0.304 bits per heavy atom. The molecule has 0 bridgehead atoms. The predicted molar refractivity (Wildman–Crippen MR) is 372 cm³/mol. The van der Waals surface area contributed by atoms with Crippen molar-refractivity contribution in [2.45, 2.75) is 382 Å². The van der Waals surface area contributed by atoms with Gasteiger partial charge in [-0.3, -0.25) is 37.3 Å². The van der Waals surface area contributed by atoms with Gasteiger partial charge in [0.15, 0.2) is 12.2 Å². The first kappa shape index (κ1) is 90.1. The number of ether oxygens (including phenoxy) is 4. The van der Waals surface area contributed by atoms with Crippen molar-refractivity contribution in [2.24, 2.45) is 23.7 Å². The lowest BCUT2D eigenvalue weighted by atomic mass is 10.00. The van der Waals surface area contributed by atoms with E-state index in [2.05, 4.69) is 55.4 Å². The molecule has 0 aliphatic carbocycles. The molecule has 0 saturated heterocycles. The number of hydrogen-bond acceptors (Lipinski definition) is 15. The molecule has 17 nitrogen and oxygen atoms in total. The third-order valence-electron chi connectivity index (χ3n) is 17.2. The quantitative estimate of drug-likeness (QED) is 0.0222. The maximum absolute atomic E-state index is 13.1.